The van der Waals surface area contributed by atoms with Crippen LogP contribution < -0.4 is 5.32 Å². The number of aromatic nitrogens is 5. The van der Waals surface area contributed by atoms with Crippen LogP contribution in [-0.2, 0) is 13.0 Å². The molecule has 1 N–H and O–H groups in total. The van der Waals surface area contributed by atoms with Gasteiger partial charge >= 0.3 is 0 Å². The number of carbonyl (C=O) groups is 1. The topological polar surface area (TPSA) is 92.1 Å². The van der Waals surface area contributed by atoms with Crippen molar-refractivity contribution < 1.29 is 4.79 Å². The molecule has 9 nitrogen and oxygen atoms in total. The minimum Gasteiger partial charge on any atom is -0.336 e. The first-order chi connectivity index (χ1) is 21.0. The van der Waals surface area contributed by atoms with E-state index in [-0.39, 0.29) is 5.91 Å². The fourth-order valence-corrected chi connectivity index (χ4v) is 5.35. The zero-order chi connectivity index (χ0) is 29.6. The molecule has 0 unspecified atom stereocenters. The van der Waals surface area contributed by atoms with Crippen molar-refractivity contribution in [1.82, 2.24) is 34.5 Å². The molecule has 0 aliphatic carbocycles. The minimum absolute atomic E-state index is 0.0698. The van der Waals surface area contributed by atoms with Crippen LogP contribution in [0.25, 0.3) is 22.5 Å². The number of aryl methyl sites for hydroxylation is 2. The monoisotopic (exact) mass is 572 g/mol. The highest BCUT2D eigenvalue weighted by atomic mass is 16.2. The van der Waals surface area contributed by atoms with Gasteiger partial charge in [0.15, 0.2) is 0 Å². The molecule has 43 heavy (non-hydrogen) atoms. The van der Waals surface area contributed by atoms with Crippen LogP contribution in [0.3, 0.4) is 0 Å². The number of carbonyl (C=O) groups excluding carboxylic acids is 1. The maximum Gasteiger partial charge on any atom is 0.253 e. The number of nitrogens with zero attached hydrogens (tertiary/aromatic N) is 7. The molecule has 2 aromatic carbocycles. The Hall–Kier alpha value is -4.89. The Bertz CT molecular complexity index is 1640. The highest BCUT2D eigenvalue weighted by Gasteiger charge is 2.23. The third-order valence-corrected chi connectivity index (χ3v) is 7.82. The van der Waals surface area contributed by atoms with Crippen LogP contribution in [0.2, 0.25) is 0 Å². The van der Waals surface area contributed by atoms with E-state index in [0.717, 1.165) is 67.3 Å². The maximum absolute atomic E-state index is 13.1. The van der Waals surface area contributed by atoms with Crippen molar-refractivity contribution in [2.24, 2.45) is 0 Å². The van der Waals surface area contributed by atoms with Gasteiger partial charge in [-0.25, -0.2) is 9.97 Å². The highest BCUT2D eigenvalue weighted by Crippen LogP contribution is 2.30. The second-order valence-electron chi connectivity index (χ2n) is 11.0. The van der Waals surface area contributed by atoms with Crippen molar-refractivity contribution in [3.63, 3.8) is 0 Å². The predicted molar refractivity (Wildman–Crippen MR) is 169 cm³/mol. The van der Waals surface area contributed by atoms with Crippen molar-refractivity contribution in [2.75, 3.05) is 31.5 Å². The molecule has 6 rings (SSSR count). The second-order valence-corrected chi connectivity index (χ2v) is 11.0. The van der Waals surface area contributed by atoms with E-state index >= 15 is 0 Å². The van der Waals surface area contributed by atoms with Crippen LogP contribution in [0.5, 0.6) is 0 Å². The van der Waals surface area contributed by atoms with Crippen LogP contribution >= 0.6 is 0 Å². The fraction of sp³-hybridized carbons (Fsp3) is 0.265. The molecule has 1 aliphatic rings. The number of piperazine rings is 1. The SMILES string of the molecule is CC(C)N1CCN(C(=O)c2ccc(Nc3nccc(-c4cn(CCc5ccccc5)nc4-c4cccnc4)n3)cc2)CC1. The van der Waals surface area contributed by atoms with Gasteiger partial charge in [-0.05, 0) is 68.3 Å². The quantitative estimate of drug-likeness (QED) is 0.247. The number of pyridine rings is 1. The summed E-state index contributed by atoms with van der Waals surface area (Å²) < 4.78 is 1.97. The van der Waals surface area contributed by atoms with Crippen LogP contribution in [0.1, 0.15) is 29.8 Å². The van der Waals surface area contributed by atoms with Gasteiger partial charge in [0.1, 0.15) is 5.69 Å². The van der Waals surface area contributed by atoms with Crippen molar-refractivity contribution in [3.8, 4) is 22.5 Å². The van der Waals surface area contributed by atoms with E-state index in [9.17, 15) is 4.79 Å². The van der Waals surface area contributed by atoms with Gasteiger partial charge in [0, 0.05) is 85.9 Å². The highest BCUT2D eigenvalue weighted by molar-refractivity contribution is 5.94. The molecule has 1 saturated heterocycles. The molecule has 3 aromatic heterocycles. The Morgan fingerprint density at radius 1 is 0.907 bits per heavy atom. The van der Waals surface area contributed by atoms with E-state index in [4.69, 9.17) is 10.1 Å². The molecule has 5 aromatic rings. The molecule has 0 radical (unpaired) electrons. The molecule has 218 valence electrons. The summed E-state index contributed by atoms with van der Waals surface area (Å²) in [6.07, 6.45) is 8.23. The number of hydrogen-bond acceptors (Lipinski definition) is 7. The zero-order valence-electron chi connectivity index (χ0n) is 24.6. The predicted octanol–water partition coefficient (Wildman–Crippen LogP) is 5.55. The van der Waals surface area contributed by atoms with Gasteiger partial charge in [0.05, 0.1) is 5.69 Å². The third-order valence-electron chi connectivity index (χ3n) is 7.82. The van der Waals surface area contributed by atoms with E-state index in [1.54, 1.807) is 12.4 Å². The lowest BCUT2D eigenvalue weighted by molar-refractivity contribution is 0.0595. The summed E-state index contributed by atoms with van der Waals surface area (Å²) in [7, 11) is 0. The van der Waals surface area contributed by atoms with Gasteiger partial charge in [-0.15, -0.1) is 0 Å². The van der Waals surface area contributed by atoms with Gasteiger partial charge in [-0.2, -0.15) is 5.10 Å². The van der Waals surface area contributed by atoms with Crippen molar-refractivity contribution in [1.29, 1.82) is 0 Å². The first-order valence-corrected chi connectivity index (χ1v) is 14.8. The number of anilines is 2. The Morgan fingerprint density at radius 2 is 1.70 bits per heavy atom. The lowest BCUT2D eigenvalue weighted by Crippen LogP contribution is -2.50. The summed E-state index contributed by atoms with van der Waals surface area (Å²) in [6, 6.07) is 24.2. The summed E-state index contributed by atoms with van der Waals surface area (Å²) in [5, 5.41) is 8.22. The summed E-state index contributed by atoms with van der Waals surface area (Å²) in [6.45, 7) is 8.45. The second kappa shape index (κ2) is 13.0. The van der Waals surface area contributed by atoms with E-state index in [2.05, 4.69) is 58.3 Å². The Kier molecular flexibility index (Phi) is 8.51. The van der Waals surface area contributed by atoms with Crippen molar-refractivity contribution in [3.05, 3.63) is 109 Å². The van der Waals surface area contributed by atoms with E-state index in [1.165, 1.54) is 5.56 Å². The normalized spacial score (nSPS) is 13.8. The molecule has 9 heteroatoms. The Balaban J connectivity index is 1.18. The molecule has 1 aliphatic heterocycles. The Morgan fingerprint density at radius 3 is 2.42 bits per heavy atom. The van der Waals surface area contributed by atoms with Crippen LogP contribution in [-0.4, -0.2) is 72.7 Å². The van der Waals surface area contributed by atoms with Gasteiger partial charge in [-0.3, -0.25) is 19.4 Å². The number of nitrogens with one attached hydrogen (secondary N) is 1. The van der Waals surface area contributed by atoms with Crippen LogP contribution in [0.15, 0.2) is 97.6 Å². The summed E-state index contributed by atoms with van der Waals surface area (Å²) in [4.78, 5) is 31.0. The molecule has 1 fully saturated rings. The van der Waals surface area contributed by atoms with Crippen molar-refractivity contribution in [2.45, 2.75) is 32.9 Å². The van der Waals surface area contributed by atoms with Gasteiger partial charge in [0.2, 0.25) is 5.95 Å². The summed E-state index contributed by atoms with van der Waals surface area (Å²) in [5.74, 6) is 0.538. The lowest BCUT2D eigenvalue weighted by Gasteiger charge is -2.37. The average molecular weight is 573 g/mol. The molecule has 1 amide bonds. The molecule has 0 saturated carbocycles. The zero-order valence-corrected chi connectivity index (χ0v) is 24.6. The standard InChI is InChI=1S/C34H36N8O/c1-25(2)40-19-21-41(22-20-40)33(43)27-10-12-29(13-11-27)37-34-36-17-14-31(38-34)30-24-42(18-15-26-7-4-3-5-8-26)39-32(30)28-9-6-16-35-23-28/h3-14,16-17,23-25H,15,18-22H2,1-2H3,(H,36,37,38). The van der Waals surface area contributed by atoms with E-state index in [0.29, 0.717) is 17.6 Å². The van der Waals surface area contributed by atoms with E-state index in [1.807, 2.05) is 70.5 Å². The number of hydrogen-bond donors (Lipinski definition) is 1. The van der Waals surface area contributed by atoms with E-state index < -0.39 is 0 Å². The van der Waals surface area contributed by atoms with Crippen LogP contribution in [0.4, 0.5) is 11.6 Å². The maximum atomic E-state index is 13.1. The molecule has 0 atom stereocenters. The van der Waals surface area contributed by atoms with Gasteiger partial charge in [-0.1, -0.05) is 30.3 Å². The number of amides is 1. The van der Waals surface area contributed by atoms with Crippen LogP contribution in [0, 0.1) is 0 Å². The molecule has 0 spiro atoms. The average Bonchev–Trinajstić information content (AvgIpc) is 3.49. The third kappa shape index (κ3) is 6.79. The molecular weight excluding hydrogens is 536 g/mol. The number of rotatable bonds is 9. The first kappa shape index (κ1) is 28.2. The van der Waals surface area contributed by atoms with Gasteiger partial charge < -0.3 is 10.2 Å². The Labute approximate surface area is 252 Å². The smallest absolute Gasteiger partial charge is 0.253 e. The lowest BCUT2D eigenvalue weighted by atomic mass is 10.1. The first-order valence-electron chi connectivity index (χ1n) is 14.8. The fourth-order valence-electron chi connectivity index (χ4n) is 5.35. The summed E-state index contributed by atoms with van der Waals surface area (Å²) in [5.41, 5.74) is 6.17. The minimum atomic E-state index is 0.0698. The van der Waals surface area contributed by atoms with Crippen molar-refractivity contribution >= 4 is 17.5 Å². The number of benzene rings is 2. The molecule has 0 bridgehead atoms. The molecule has 4 heterocycles. The summed E-state index contributed by atoms with van der Waals surface area (Å²) >= 11 is 0. The molecular formula is C34H36N8O. The largest absolute Gasteiger partial charge is 0.336 e. The van der Waals surface area contributed by atoms with Gasteiger partial charge in [0.25, 0.3) is 5.91 Å².